The first-order chi connectivity index (χ1) is 13.7. The highest BCUT2D eigenvalue weighted by molar-refractivity contribution is 7.92. The van der Waals surface area contributed by atoms with Gasteiger partial charge in [-0.25, -0.2) is 12.8 Å². The number of rotatable bonds is 10. The van der Waals surface area contributed by atoms with Crippen molar-refractivity contribution in [3.05, 3.63) is 54.3 Å². The van der Waals surface area contributed by atoms with Crippen LogP contribution in [-0.4, -0.2) is 46.9 Å². The molecule has 1 amide bonds. The van der Waals surface area contributed by atoms with Crippen molar-refractivity contribution in [1.82, 2.24) is 5.32 Å². The molecule has 9 heteroatoms. The Morgan fingerprint density at radius 1 is 1.10 bits per heavy atom. The normalized spacial score (nSPS) is 12.1. The zero-order valence-electron chi connectivity index (χ0n) is 16.6. The lowest BCUT2D eigenvalue weighted by Crippen LogP contribution is -2.39. The van der Waals surface area contributed by atoms with E-state index in [-0.39, 0.29) is 24.9 Å². The Hall–Kier alpha value is -2.81. The van der Waals surface area contributed by atoms with Gasteiger partial charge >= 0.3 is 0 Å². The number of ether oxygens (including phenoxy) is 2. The highest BCUT2D eigenvalue weighted by Crippen LogP contribution is 2.21. The molecule has 2 aromatic carbocycles. The van der Waals surface area contributed by atoms with Gasteiger partial charge in [0.25, 0.3) is 5.91 Å². The summed E-state index contributed by atoms with van der Waals surface area (Å²) in [6.45, 7) is 2.33. The molecule has 29 heavy (non-hydrogen) atoms. The third-order valence-corrected chi connectivity index (χ3v) is 5.33. The quantitative estimate of drug-likeness (QED) is 0.593. The zero-order chi connectivity index (χ0) is 21.4. The minimum atomic E-state index is -3.35. The van der Waals surface area contributed by atoms with Crippen molar-refractivity contribution >= 4 is 21.6 Å². The third kappa shape index (κ3) is 6.94. The van der Waals surface area contributed by atoms with Gasteiger partial charge in [-0.1, -0.05) is 6.92 Å². The van der Waals surface area contributed by atoms with Crippen LogP contribution in [0.4, 0.5) is 10.1 Å². The standard InChI is InChI=1S/C20H25FN2O5S/c1-4-19(20(24)22-13-14-27-17-9-5-15(21)6-10-17)28-18-11-7-16(8-12-18)23(2)29(3,25)26/h5-12,19H,4,13-14H2,1-3H3,(H,22,24). The summed E-state index contributed by atoms with van der Waals surface area (Å²) in [5.74, 6) is 0.348. The lowest BCUT2D eigenvalue weighted by atomic mass is 10.2. The minimum Gasteiger partial charge on any atom is -0.492 e. The second kappa shape index (κ2) is 10.1. The first-order valence-corrected chi connectivity index (χ1v) is 10.9. The highest BCUT2D eigenvalue weighted by Gasteiger charge is 2.18. The molecule has 0 aliphatic heterocycles. The average molecular weight is 424 g/mol. The van der Waals surface area contributed by atoms with Gasteiger partial charge < -0.3 is 14.8 Å². The number of anilines is 1. The molecule has 0 fully saturated rings. The lowest BCUT2D eigenvalue weighted by molar-refractivity contribution is -0.128. The minimum absolute atomic E-state index is 0.236. The van der Waals surface area contributed by atoms with Gasteiger partial charge in [0.2, 0.25) is 10.0 Å². The summed E-state index contributed by atoms with van der Waals surface area (Å²) >= 11 is 0. The number of nitrogens with one attached hydrogen (secondary N) is 1. The van der Waals surface area contributed by atoms with Crippen molar-refractivity contribution in [3.63, 3.8) is 0 Å². The average Bonchev–Trinajstić information content (AvgIpc) is 2.69. The van der Waals surface area contributed by atoms with Crippen LogP contribution in [0.1, 0.15) is 13.3 Å². The largest absolute Gasteiger partial charge is 0.492 e. The number of carbonyl (C=O) groups is 1. The first kappa shape index (κ1) is 22.5. The van der Waals surface area contributed by atoms with E-state index in [4.69, 9.17) is 9.47 Å². The summed E-state index contributed by atoms with van der Waals surface area (Å²) in [5, 5.41) is 2.73. The van der Waals surface area contributed by atoms with Crippen molar-refractivity contribution in [1.29, 1.82) is 0 Å². The predicted molar refractivity (Wildman–Crippen MR) is 109 cm³/mol. The topological polar surface area (TPSA) is 84.9 Å². The van der Waals surface area contributed by atoms with Crippen LogP contribution >= 0.6 is 0 Å². The van der Waals surface area contributed by atoms with E-state index < -0.39 is 16.1 Å². The zero-order valence-corrected chi connectivity index (χ0v) is 17.4. The summed E-state index contributed by atoms with van der Waals surface area (Å²) in [6, 6.07) is 12.1. The maximum absolute atomic E-state index is 12.8. The van der Waals surface area contributed by atoms with Gasteiger partial charge in [0.1, 0.15) is 23.9 Å². The van der Waals surface area contributed by atoms with E-state index in [1.54, 1.807) is 24.3 Å². The van der Waals surface area contributed by atoms with Crippen LogP contribution in [0.25, 0.3) is 0 Å². The fourth-order valence-corrected chi connectivity index (χ4v) is 2.91. The molecule has 1 unspecified atom stereocenters. The molecule has 0 aliphatic carbocycles. The number of sulfonamides is 1. The van der Waals surface area contributed by atoms with E-state index in [0.717, 1.165) is 10.6 Å². The maximum atomic E-state index is 12.8. The number of hydrogen-bond donors (Lipinski definition) is 1. The van der Waals surface area contributed by atoms with Crippen molar-refractivity contribution in [2.75, 3.05) is 30.8 Å². The van der Waals surface area contributed by atoms with Crippen LogP contribution in [0.3, 0.4) is 0 Å². The van der Waals surface area contributed by atoms with Crippen LogP contribution in [0.2, 0.25) is 0 Å². The molecule has 0 saturated heterocycles. The van der Waals surface area contributed by atoms with E-state index in [1.165, 1.54) is 31.3 Å². The lowest BCUT2D eigenvalue weighted by Gasteiger charge is -2.19. The van der Waals surface area contributed by atoms with Crippen LogP contribution in [0.5, 0.6) is 11.5 Å². The van der Waals surface area contributed by atoms with E-state index in [9.17, 15) is 17.6 Å². The Bertz CT molecular complexity index is 901. The van der Waals surface area contributed by atoms with E-state index >= 15 is 0 Å². The Morgan fingerprint density at radius 2 is 1.69 bits per heavy atom. The van der Waals surface area contributed by atoms with Crippen LogP contribution in [0, 0.1) is 5.82 Å². The fourth-order valence-electron chi connectivity index (χ4n) is 2.40. The van der Waals surface area contributed by atoms with Gasteiger partial charge in [-0.3, -0.25) is 9.10 Å². The molecule has 0 heterocycles. The van der Waals surface area contributed by atoms with Gasteiger partial charge in [-0.2, -0.15) is 0 Å². The summed E-state index contributed by atoms with van der Waals surface area (Å²) in [5.41, 5.74) is 0.496. The maximum Gasteiger partial charge on any atom is 0.261 e. The molecule has 7 nitrogen and oxygen atoms in total. The molecular formula is C20H25FN2O5S. The van der Waals surface area contributed by atoms with Crippen molar-refractivity contribution < 1.29 is 27.1 Å². The van der Waals surface area contributed by atoms with Crippen molar-refractivity contribution in [2.45, 2.75) is 19.4 Å². The van der Waals surface area contributed by atoms with E-state index in [2.05, 4.69) is 5.32 Å². The Morgan fingerprint density at radius 3 is 2.24 bits per heavy atom. The molecule has 0 bridgehead atoms. The SMILES string of the molecule is CCC(Oc1ccc(N(C)S(C)(=O)=O)cc1)C(=O)NCCOc1ccc(F)cc1. The molecule has 0 spiro atoms. The van der Waals surface area contributed by atoms with Crippen LogP contribution in [-0.2, 0) is 14.8 Å². The Kier molecular flexibility index (Phi) is 7.83. The monoisotopic (exact) mass is 424 g/mol. The third-order valence-electron chi connectivity index (χ3n) is 4.12. The molecule has 0 radical (unpaired) electrons. The molecular weight excluding hydrogens is 399 g/mol. The van der Waals surface area contributed by atoms with Crippen molar-refractivity contribution in [2.24, 2.45) is 0 Å². The van der Waals surface area contributed by atoms with Crippen LogP contribution in [0.15, 0.2) is 48.5 Å². The molecule has 0 saturated carbocycles. The fraction of sp³-hybridized carbons (Fsp3) is 0.350. The summed E-state index contributed by atoms with van der Waals surface area (Å²) in [6.07, 6.45) is 0.879. The number of amides is 1. The smallest absolute Gasteiger partial charge is 0.261 e. The molecule has 0 aliphatic rings. The number of carbonyl (C=O) groups excluding carboxylic acids is 1. The second-order valence-electron chi connectivity index (χ2n) is 6.33. The molecule has 0 aromatic heterocycles. The number of nitrogens with zero attached hydrogens (tertiary/aromatic N) is 1. The van der Waals surface area contributed by atoms with Gasteiger partial charge in [0, 0.05) is 7.05 Å². The van der Waals surface area contributed by atoms with Gasteiger partial charge in [0.15, 0.2) is 6.10 Å². The predicted octanol–water partition coefficient (Wildman–Crippen LogP) is 2.57. The molecule has 1 N–H and O–H groups in total. The van der Waals surface area contributed by atoms with E-state index in [1.807, 2.05) is 6.92 Å². The summed E-state index contributed by atoms with van der Waals surface area (Å²) in [4.78, 5) is 12.3. The molecule has 2 rings (SSSR count). The van der Waals surface area contributed by atoms with Gasteiger partial charge in [-0.15, -0.1) is 0 Å². The second-order valence-corrected chi connectivity index (χ2v) is 8.35. The number of halogens is 1. The van der Waals surface area contributed by atoms with Gasteiger partial charge in [-0.05, 0) is 55.0 Å². The van der Waals surface area contributed by atoms with Crippen LogP contribution < -0.4 is 19.1 Å². The van der Waals surface area contributed by atoms with E-state index in [0.29, 0.717) is 23.6 Å². The highest BCUT2D eigenvalue weighted by atomic mass is 32.2. The Balaban J connectivity index is 1.83. The molecule has 2 aromatic rings. The summed E-state index contributed by atoms with van der Waals surface area (Å²) < 4.78 is 48.3. The molecule has 1 atom stereocenters. The van der Waals surface area contributed by atoms with Crippen molar-refractivity contribution in [3.8, 4) is 11.5 Å². The first-order valence-electron chi connectivity index (χ1n) is 9.07. The molecule has 158 valence electrons. The van der Waals surface area contributed by atoms with Gasteiger partial charge in [0.05, 0.1) is 18.5 Å². The number of benzene rings is 2. The Labute approximate surface area is 170 Å². The number of hydrogen-bond acceptors (Lipinski definition) is 5. The summed E-state index contributed by atoms with van der Waals surface area (Å²) in [7, 11) is -1.89.